The van der Waals surface area contributed by atoms with Crippen molar-refractivity contribution in [3.8, 4) is 0 Å². The van der Waals surface area contributed by atoms with Gasteiger partial charge in [-0.25, -0.2) is 0 Å². The molecule has 0 N–H and O–H groups in total. The summed E-state index contributed by atoms with van der Waals surface area (Å²) in [4.78, 5) is 21.7. The average molecular weight is 238 g/mol. The Morgan fingerprint density at radius 2 is 1.29 bits per heavy atom. The van der Waals surface area contributed by atoms with E-state index in [-0.39, 0.29) is 13.2 Å². The monoisotopic (exact) mass is 238 g/mol. The van der Waals surface area contributed by atoms with Crippen molar-refractivity contribution < 1.29 is 19.1 Å². The molecule has 6 heteroatoms. The maximum atomic E-state index is 10.9. The summed E-state index contributed by atoms with van der Waals surface area (Å²) in [7, 11) is 0. The minimum atomic E-state index is -0.463. The lowest BCUT2D eigenvalue weighted by Crippen LogP contribution is -2.21. The Labute approximate surface area is 94.2 Å². The number of carbonyl (C=O) groups excluding carboxylic acids is 2. The highest BCUT2D eigenvalue weighted by molar-refractivity contribution is 7.81. The van der Waals surface area contributed by atoms with E-state index in [2.05, 4.69) is 25.3 Å². The van der Waals surface area contributed by atoms with E-state index in [9.17, 15) is 9.59 Å². The number of carbonyl (C=O) groups is 2. The van der Waals surface area contributed by atoms with E-state index in [1.54, 1.807) is 13.8 Å². The summed E-state index contributed by atoms with van der Waals surface area (Å²) >= 11 is 7.75. The fraction of sp³-hybridized carbons (Fsp3) is 0.750. The van der Waals surface area contributed by atoms with Crippen molar-refractivity contribution in [3.05, 3.63) is 0 Å². The first kappa shape index (κ1) is 13.6. The molecule has 0 aliphatic heterocycles. The van der Waals surface area contributed by atoms with Gasteiger partial charge < -0.3 is 9.47 Å². The van der Waals surface area contributed by atoms with Crippen LogP contribution in [0.1, 0.15) is 13.8 Å². The van der Waals surface area contributed by atoms with Crippen LogP contribution in [0.3, 0.4) is 0 Å². The van der Waals surface area contributed by atoms with Crippen molar-refractivity contribution >= 4 is 37.2 Å². The first-order valence-electron chi connectivity index (χ1n) is 4.14. The van der Waals surface area contributed by atoms with Gasteiger partial charge >= 0.3 is 11.9 Å². The Morgan fingerprint density at radius 3 is 1.50 bits per heavy atom. The van der Waals surface area contributed by atoms with E-state index in [1.165, 1.54) is 0 Å². The van der Waals surface area contributed by atoms with Crippen LogP contribution in [0.25, 0.3) is 0 Å². The fourth-order valence-corrected chi connectivity index (χ4v) is 0.675. The van der Waals surface area contributed by atoms with E-state index in [0.717, 1.165) is 0 Å². The maximum absolute atomic E-state index is 10.9. The van der Waals surface area contributed by atoms with Crippen LogP contribution < -0.4 is 0 Å². The van der Waals surface area contributed by atoms with E-state index >= 15 is 0 Å². The van der Waals surface area contributed by atoms with Gasteiger partial charge in [0.2, 0.25) is 0 Å². The van der Waals surface area contributed by atoms with Crippen molar-refractivity contribution in [2.75, 3.05) is 13.2 Å². The average Bonchev–Trinajstić information content (AvgIpc) is 2.11. The Balaban J connectivity index is 3.48. The molecule has 0 heterocycles. The van der Waals surface area contributed by atoms with Crippen molar-refractivity contribution in [1.29, 1.82) is 0 Å². The number of ether oxygens (including phenoxy) is 2. The zero-order valence-corrected chi connectivity index (χ0v) is 9.89. The third kappa shape index (κ3) is 6.15. The molecule has 0 aromatic carbocycles. The number of hydrogen-bond donors (Lipinski definition) is 2. The molecule has 0 aliphatic carbocycles. The lowest BCUT2D eigenvalue weighted by Gasteiger charge is -2.08. The molecule has 0 amide bonds. The van der Waals surface area contributed by atoms with E-state index in [1.807, 2.05) is 0 Å². The van der Waals surface area contributed by atoms with Gasteiger partial charge in [0, 0.05) is 0 Å². The van der Waals surface area contributed by atoms with Crippen LogP contribution >= 0.6 is 25.3 Å². The van der Waals surface area contributed by atoms with Crippen LogP contribution in [0, 0.1) is 0 Å². The summed E-state index contributed by atoms with van der Waals surface area (Å²) in [5, 5.41) is -0.927. The lowest BCUT2D eigenvalue weighted by atomic mass is 10.5. The van der Waals surface area contributed by atoms with Gasteiger partial charge in [0.05, 0.1) is 10.5 Å². The van der Waals surface area contributed by atoms with Crippen molar-refractivity contribution in [1.82, 2.24) is 0 Å². The molecule has 0 rings (SSSR count). The summed E-state index contributed by atoms with van der Waals surface area (Å²) in [6, 6.07) is 0. The fourth-order valence-electron chi connectivity index (χ4n) is 0.526. The van der Waals surface area contributed by atoms with Gasteiger partial charge in [-0.3, -0.25) is 9.59 Å². The molecular formula is C8H14O4S2. The number of rotatable bonds is 5. The largest absolute Gasteiger partial charge is 0.461 e. The maximum Gasteiger partial charge on any atom is 0.318 e. The molecule has 14 heavy (non-hydrogen) atoms. The van der Waals surface area contributed by atoms with Gasteiger partial charge in [-0.05, 0) is 13.8 Å². The SMILES string of the molecule is CC(S)C(=O)OCCOC(=O)C(C)S. The molecule has 0 aromatic rings. The molecule has 0 aromatic heterocycles. The molecule has 2 atom stereocenters. The van der Waals surface area contributed by atoms with E-state index in [4.69, 9.17) is 9.47 Å². The molecule has 0 fully saturated rings. The molecule has 0 aliphatic rings. The third-order valence-corrected chi connectivity index (χ3v) is 1.68. The number of thiol groups is 2. The molecule has 0 saturated carbocycles. The predicted octanol–water partition coefficient (Wildman–Crippen LogP) is 0.709. The summed E-state index contributed by atoms with van der Waals surface area (Å²) in [5.74, 6) is -0.855. The van der Waals surface area contributed by atoms with Gasteiger partial charge in [0.25, 0.3) is 0 Å². The number of esters is 2. The second-order valence-corrected chi connectivity index (χ2v) is 4.24. The quantitative estimate of drug-likeness (QED) is 0.421. The van der Waals surface area contributed by atoms with Crippen LogP contribution in [0.4, 0.5) is 0 Å². The van der Waals surface area contributed by atoms with Crippen LogP contribution in [0.15, 0.2) is 0 Å². The van der Waals surface area contributed by atoms with Crippen molar-refractivity contribution in [2.45, 2.75) is 24.3 Å². The molecule has 2 unspecified atom stereocenters. The van der Waals surface area contributed by atoms with Gasteiger partial charge in [0.1, 0.15) is 13.2 Å². The third-order valence-electron chi connectivity index (χ3n) is 1.25. The summed E-state index contributed by atoms with van der Waals surface area (Å²) in [6.45, 7) is 3.31. The van der Waals surface area contributed by atoms with Crippen LogP contribution in [-0.4, -0.2) is 35.7 Å². The molecule has 0 bridgehead atoms. The zero-order valence-electron chi connectivity index (χ0n) is 8.10. The highest BCUT2D eigenvalue weighted by Gasteiger charge is 2.11. The second-order valence-electron chi connectivity index (χ2n) is 2.69. The molecule has 0 spiro atoms. The normalized spacial score (nSPS) is 14.3. The van der Waals surface area contributed by atoms with E-state index < -0.39 is 22.4 Å². The molecular weight excluding hydrogens is 224 g/mol. The van der Waals surface area contributed by atoms with Crippen molar-refractivity contribution in [3.63, 3.8) is 0 Å². The standard InChI is InChI=1S/C8H14O4S2/c1-5(13)7(9)11-3-4-12-8(10)6(2)14/h5-6,13-14H,3-4H2,1-2H3. The predicted molar refractivity (Wildman–Crippen MR) is 58.8 cm³/mol. The summed E-state index contributed by atoms with van der Waals surface area (Å²) in [6.07, 6.45) is 0. The summed E-state index contributed by atoms with van der Waals surface area (Å²) < 4.78 is 9.43. The summed E-state index contributed by atoms with van der Waals surface area (Å²) in [5.41, 5.74) is 0. The van der Waals surface area contributed by atoms with Crippen molar-refractivity contribution in [2.24, 2.45) is 0 Å². The minimum Gasteiger partial charge on any atom is -0.461 e. The van der Waals surface area contributed by atoms with Gasteiger partial charge in [-0.1, -0.05) is 0 Å². The minimum absolute atomic E-state index is 0.0516. The molecule has 4 nitrogen and oxygen atoms in total. The highest BCUT2D eigenvalue weighted by Crippen LogP contribution is 1.98. The Kier molecular flexibility index (Phi) is 6.82. The molecule has 0 saturated heterocycles. The van der Waals surface area contributed by atoms with E-state index in [0.29, 0.717) is 0 Å². The molecule has 82 valence electrons. The number of hydrogen-bond acceptors (Lipinski definition) is 6. The second kappa shape index (κ2) is 7.00. The Hall–Kier alpha value is -0.360. The Morgan fingerprint density at radius 1 is 1.00 bits per heavy atom. The van der Waals surface area contributed by atoms with Crippen LogP contribution in [0.5, 0.6) is 0 Å². The highest BCUT2D eigenvalue weighted by atomic mass is 32.1. The lowest BCUT2D eigenvalue weighted by molar-refractivity contribution is -0.151. The Bertz CT molecular complexity index is 182. The zero-order chi connectivity index (χ0) is 11.1. The van der Waals surface area contributed by atoms with Crippen LogP contribution in [0.2, 0.25) is 0 Å². The first-order chi connectivity index (χ1) is 6.45. The van der Waals surface area contributed by atoms with Gasteiger partial charge in [-0.2, -0.15) is 25.3 Å². The topological polar surface area (TPSA) is 52.6 Å². The first-order valence-corrected chi connectivity index (χ1v) is 5.18. The van der Waals surface area contributed by atoms with Gasteiger partial charge in [-0.15, -0.1) is 0 Å². The van der Waals surface area contributed by atoms with Gasteiger partial charge in [0.15, 0.2) is 0 Å². The van der Waals surface area contributed by atoms with Crippen LogP contribution in [-0.2, 0) is 19.1 Å². The molecule has 0 radical (unpaired) electrons. The smallest absolute Gasteiger partial charge is 0.318 e.